The molecule has 0 aliphatic carbocycles. The normalized spacial score (nSPS) is 26.7. The molecule has 0 fully saturated rings. The van der Waals surface area contributed by atoms with Gasteiger partial charge in [-0.25, -0.2) is 0 Å². The lowest BCUT2D eigenvalue weighted by molar-refractivity contribution is 0.626. The molecule has 0 saturated heterocycles. The van der Waals surface area contributed by atoms with E-state index in [1.165, 1.54) is 0 Å². The van der Waals surface area contributed by atoms with Gasteiger partial charge in [0.2, 0.25) is 0 Å². The summed E-state index contributed by atoms with van der Waals surface area (Å²) in [5.74, 6) is 4.38. The molecule has 1 heterocycles. The van der Waals surface area contributed by atoms with Gasteiger partial charge in [0.05, 0.1) is 0 Å². The van der Waals surface area contributed by atoms with Crippen LogP contribution in [-0.4, -0.2) is 11.1 Å². The second kappa shape index (κ2) is 3.01. The van der Waals surface area contributed by atoms with Gasteiger partial charge < -0.3 is 4.89 Å². The van der Waals surface area contributed by atoms with Gasteiger partial charge in [0, 0.05) is 13.7 Å². The van der Waals surface area contributed by atoms with Crippen molar-refractivity contribution >= 4 is 8.15 Å². The summed E-state index contributed by atoms with van der Waals surface area (Å²) >= 11 is 0. The second-order valence-electron chi connectivity index (χ2n) is 2.07. The van der Waals surface area contributed by atoms with Gasteiger partial charge in [0.25, 0.3) is 0 Å². The Morgan fingerprint density at radius 1 is 1.78 bits per heavy atom. The van der Waals surface area contributed by atoms with Gasteiger partial charge in [-0.05, 0) is 24.8 Å². The zero-order valence-electron chi connectivity index (χ0n) is 5.17. The highest BCUT2D eigenvalue weighted by Crippen LogP contribution is 2.38. The van der Waals surface area contributed by atoms with Crippen molar-refractivity contribution in [3.8, 4) is 12.3 Å². The van der Waals surface area contributed by atoms with Crippen molar-refractivity contribution in [3.63, 3.8) is 0 Å². The van der Waals surface area contributed by atoms with Crippen molar-refractivity contribution in [2.24, 2.45) is 0 Å². The summed E-state index contributed by atoms with van der Waals surface area (Å²) in [6.07, 6.45) is 8.11. The molecule has 0 aromatic rings. The summed E-state index contributed by atoms with van der Waals surface area (Å²) < 4.78 is 0. The predicted molar refractivity (Wildman–Crippen MR) is 40.2 cm³/mol. The maximum atomic E-state index is 9.10. The Morgan fingerprint density at radius 3 is 3.00 bits per heavy atom. The summed E-state index contributed by atoms with van der Waals surface area (Å²) in [6.45, 7) is 0. The third-order valence-electron chi connectivity index (χ3n) is 1.32. The van der Waals surface area contributed by atoms with E-state index >= 15 is 0 Å². The first-order chi connectivity index (χ1) is 4.33. The maximum Gasteiger partial charge on any atom is 0.0498 e. The second-order valence-corrected chi connectivity index (χ2v) is 3.65. The fraction of sp³-hybridized carbons (Fsp3) is 0.429. The van der Waals surface area contributed by atoms with Crippen LogP contribution < -0.4 is 0 Å². The molecule has 1 rings (SSSR count). The number of hydrogen-bond acceptors (Lipinski definition) is 1. The van der Waals surface area contributed by atoms with Crippen LogP contribution in [0.3, 0.4) is 0 Å². The fourth-order valence-corrected chi connectivity index (χ4v) is 2.02. The Hall–Kier alpha value is -0.310. The van der Waals surface area contributed by atoms with Crippen molar-refractivity contribution in [3.05, 3.63) is 11.4 Å². The third-order valence-corrected chi connectivity index (χ3v) is 2.71. The highest BCUT2D eigenvalue weighted by atomic mass is 31.1. The molecule has 1 aliphatic heterocycles. The first kappa shape index (κ1) is 6.81. The van der Waals surface area contributed by atoms with Crippen molar-refractivity contribution in [2.45, 2.75) is 12.8 Å². The molecule has 0 aromatic heterocycles. The fourth-order valence-electron chi connectivity index (χ4n) is 0.850. The minimum atomic E-state index is -0.841. The van der Waals surface area contributed by atoms with E-state index < -0.39 is 8.15 Å². The summed E-state index contributed by atoms with van der Waals surface area (Å²) in [6, 6.07) is 0. The summed E-state index contributed by atoms with van der Waals surface area (Å²) in [5, 5.41) is 0. The highest BCUT2D eigenvalue weighted by Gasteiger charge is 2.07. The molecule has 1 N–H and O–H groups in total. The number of terminal acetylenes is 1. The van der Waals surface area contributed by atoms with E-state index in [1.54, 1.807) is 0 Å². The van der Waals surface area contributed by atoms with Crippen molar-refractivity contribution in [1.29, 1.82) is 0 Å². The molecular weight excluding hydrogens is 131 g/mol. The third kappa shape index (κ3) is 1.82. The average molecular weight is 140 g/mol. The van der Waals surface area contributed by atoms with Gasteiger partial charge in [0.1, 0.15) is 0 Å². The standard InChI is InChI=1S/C7H9OP/c1-2-7-4-3-5-9(8)6-7/h1,6,8H,3-5H2. The van der Waals surface area contributed by atoms with Crippen molar-refractivity contribution in [1.82, 2.24) is 0 Å². The number of rotatable bonds is 0. The molecule has 0 aromatic carbocycles. The van der Waals surface area contributed by atoms with Crippen LogP contribution in [0.25, 0.3) is 0 Å². The van der Waals surface area contributed by atoms with E-state index in [0.29, 0.717) is 0 Å². The topological polar surface area (TPSA) is 20.2 Å². The molecule has 0 radical (unpaired) electrons. The smallest absolute Gasteiger partial charge is 0.0498 e. The Kier molecular flexibility index (Phi) is 2.28. The van der Waals surface area contributed by atoms with Crippen LogP contribution in [0.5, 0.6) is 0 Å². The van der Waals surface area contributed by atoms with Crippen molar-refractivity contribution < 1.29 is 4.89 Å². The minimum Gasteiger partial charge on any atom is -0.370 e. The summed E-state index contributed by atoms with van der Waals surface area (Å²) in [7, 11) is -0.841. The predicted octanol–water partition coefficient (Wildman–Crippen LogP) is 1.69. The average Bonchev–Trinajstić information content (AvgIpc) is 1.88. The van der Waals surface area contributed by atoms with E-state index in [9.17, 15) is 0 Å². The number of hydrogen-bond donors (Lipinski definition) is 1. The van der Waals surface area contributed by atoms with Gasteiger partial charge in [-0.3, -0.25) is 0 Å². The minimum absolute atomic E-state index is 0.841. The van der Waals surface area contributed by atoms with E-state index in [-0.39, 0.29) is 0 Å². The monoisotopic (exact) mass is 140 g/mol. The first-order valence-electron chi connectivity index (χ1n) is 2.96. The molecule has 0 saturated carbocycles. The molecule has 1 aliphatic rings. The van der Waals surface area contributed by atoms with Crippen LogP contribution >= 0.6 is 8.15 Å². The zero-order valence-corrected chi connectivity index (χ0v) is 6.06. The van der Waals surface area contributed by atoms with Crippen LogP contribution in [0.15, 0.2) is 11.4 Å². The van der Waals surface area contributed by atoms with Crippen LogP contribution in [-0.2, 0) is 0 Å². The quantitative estimate of drug-likeness (QED) is 0.401. The van der Waals surface area contributed by atoms with Gasteiger partial charge in [-0.1, -0.05) is 5.92 Å². The Labute approximate surface area is 56.6 Å². The molecule has 1 nitrogen and oxygen atoms in total. The van der Waals surface area contributed by atoms with Crippen molar-refractivity contribution in [2.75, 3.05) is 6.16 Å². The lowest BCUT2D eigenvalue weighted by Crippen LogP contribution is -1.91. The molecular formula is C7H9OP. The molecule has 1 unspecified atom stereocenters. The highest BCUT2D eigenvalue weighted by molar-refractivity contribution is 7.55. The zero-order chi connectivity index (χ0) is 6.69. The molecule has 0 bridgehead atoms. The summed E-state index contributed by atoms with van der Waals surface area (Å²) in [5.41, 5.74) is 0.981. The van der Waals surface area contributed by atoms with Crippen LogP contribution in [0.4, 0.5) is 0 Å². The molecule has 0 spiro atoms. The van der Waals surface area contributed by atoms with E-state index in [0.717, 1.165) is 24.6 Å². The molecule has 2 heteroatoms. The SMILES string of the molecule is C#CC1=CP(O)CCC1. The molecule has 9 heavy (non-hydrogen) atoms. The lowest BCUT2D eigenvalue weighted by Gasteiger charge is -2.11. The molecule has 48 valence electrons. The summed E-state index contributed by atoms with van der Waals surface area (Å²) in [4.78, 5) is 9.10. The van der Waals surface area contributed by atoms with E-state index in [1.807, 2.05) is 5.82 Å². The van der Waals surface area contributed by atoms with Crippen LogP contribution in [0, 0.1) is 12.3 Å². The van der Waals surface area contributed by atoms with Crippen LogP contribution in [0.1, 0.15) is 12.8 Å². The largest absolute Gasteiger partial charge is 0.370 e. The lowest BCUT2D eigenvalue weighted by atomic mass is 10.2. The van der Waals surface area contributed by atoms with E-state index in [2.05, 4.69) is 5.92 Å². The maximum absolute atomic E-state index is 9.10. The molecule has 1 atom stereocenters. The van der Waals surface area contributed by atoms with Gasteiger partial charge in [-0.2, -0.15) is 0 Å². The van der Waals surface area contributed by atoms with Gasteiger partial charge in [0.15, 0.2) is 0 Å². The van der Waals surface area contributed by atoms with Gasteiger partial charge >= 0.3 is 0 Å². The van der Waals surface area contributed by atoms with Crippen LogP contribution in [0.2, 0.25) is 0 Å². The number of allylic oxidation sites excluding steroid dienone is 1. The van der Waals surface area contributed by atoms with E-state index in [4.69, 9.17) is 11.3 Å². The molecule has 0 amide bonds. The Balaban J connectivity index is 2.62. The van der Waals surface area contributed by atoms with Gasteiger partial charge in [-0.15, -0.1) is 6.42 Å². The first-order valence-corrected chi connectivity index (χ1v) is 4.50. The Morgan fingerprint density at radius 2 is 2.56 bits per heavy atom. The Bertz CT molecular complexity index is 166.